The summed E-state index contributed by atoms with van der Waals surface area (Å²) in [6.07, 6.45) is -32.6. The third-order valence-corrected chi connectivity index (χ3v) is 2.72. The van der Waals surface area contributed by atoms with Gasteiger partial charge in [-0.15, -0.1) is 0 Å². The Balaban J connectivity index is 5.72. The number of halogens is 12. The molecule has 22 heavy (non-hydrogen) atoms. The number of rotatable bonds is 3. The molecule has 2 N–H and O–H groups in total. The van der Waals surface area contributed by atoms with Crippen LogP contribution < -0.4 is 0 Å². The summed E-state index contributed by atoms with van der Waals surface area (Å²) in [6, 6.07) is 0. The van der Waals surface area contributed by atoms with Crippen molar-refractivity contribution in [3.05, 3.63) is 0 Å². The van der Waals surface area contributed by atoms with Gasteiger partial charge in [0.2, 0.25) is 0 Å². The van der Waals surface area contributed by atoms with Gasteiger partial charge >= 0.3 is 24.7 Å². The first kappa shape index (κ1) is 21.1. The molecule has 0 saturated carbocycles. The predicted molar refractivity (Wildman–Crippen MR) is 43.4 cm³/mol. The van der Waals surface area contributed by atoms with Gasteiger partial charge in [0, 0.05) is 0 Å². The van der Waals surface area contributed by atoms with Crippen molar-refractivity contribution in [3.63, 3.8) is 0 Å². The lowest BCUT2D eigenvalue weighted by molar-refractivity contribution is -0.392. The second kappa shape index (κ2) is 5.32. The molecule has 0 aliphatic heterocycles. The van der Waals surface area contributed by atoms with E-state index in [1.807, 2.05) is 0 Å². The van der Waals surface area contributed by atoms with Crippen LogP contribution in [0.25, 0.3) is 0 Å². The molecule has 0 amide bonds. The Morgan fingerprint density at radius 3 is 0.636 bits per heavy atom. The van der Waals surface area contributed by atoms with Gasteiger partial charge in [0.1, 0.15) is 0 Å². The van der Waals surface area contributed by atoms with Crippen LogP contribution >= 0.6 is 0 Å². The molecule has 0 spiro atoms. The second-order valence-corrected chi connectivity index (χ2v) is 4.21. The molecule has 0 rings (SSSR count). The van der Waals surface area contributed by atoms with Gasteiger partial charge in [0.15, 0.2) is 0 Å². The van der Waals surface area contributed by atoms with E-state index < -0.39 is 48.7 Å². The van der Waals surface area contributed by atoms with Gasteiger partial charge in [-0.2, -0.15) is 52.7 Å². The maximum absolute atomic E-state index is 12.2. The summed E-state index contributed by atoms with van der Waals surface area (Å²) in [4.78, 5) is 0. The minimum absolute atomic E-state index is 3.10. The molecular weight excluding hydrogens is 356 g/mol. The summed E-state index contributed by atoms with van der Waals surface area (Å²) in [5.74, 6) is 0. The molecule has 14 heteroatoms. The minimum Gasteiger partial charge on any atom is -0.374 e. The van der Waals surface area contributed by atoms with E-state index in [9.17, 15) is 52.7 Å². The lowest BCUT2D eigenvalue weighted by Gasteiger charge is -2.37. The predicted octanol–water partition coefficient (Wildman–Crippen LogP) is 3.48. The van der Waals surface area contributed by atoms with E-state index >= 15 is 0 Å². The zero-order chi connectivity index (χ0) is 18.4. The topological polar surface area (TPSA) is 40.5 Å². The first-order valence-electron chi connectivity index (χ1n) is 4.92. The number of hydrogen-bond donors (Lipinski definition) is 2. The van der Waals surface area contributed by atoms with E-state index in [1.165, 1.54) is 0 Å². The number of aliphatic hydroxyl groups is 2. The van der Waals surface area contributed by atoms with Gasteiger partial charge in [0.25, 0.3) is 11.2 Å². The summed E-state index contributed by atoms with van der Waals surface area (Å²) >= 11 is 0. The van der Waals surface area contributed by atoms with E-state index in [4.69, 9.17) is 10.2 Å². The molecule has 0 aromatic rings. The summed E-state index contributed by atoms with van der Waals surface area (Å²) in [7, 11) is 0. The Kier molecular flexibility index (Phi) is 5.09. The van der Waals surface area contributed by atoms with Crippen LogP contribution in [0.1, 0.15) is 12.8 Å². The van der Waals surface area contributed by atoms with Crippen molar-refractivity contribution in [1.82, 2.24) is 0 Å². The van der Waals surface area contributed by atoms with Crippen molar-refractivity contribution < 1.29 is 62.9 Å². The second-order valence-electron chi connectivity index (χ2n) is 4.21. The average Bonchev–Trinajstić information content (AvgIpc) is 2.18. The molecule has 0 bridgehead atoms. The zero-order valence-corrected chi connectivity index (χ0v) is 9.84. The highest BCUT2D eigenvalue weighted by atomic mass is 19.4. The Bertz CT molecular complexity index is 320. The fraction of sp³-hybridized carbons (Fsp3) is 1.00. The smallest absolute Gasteiger partial charge is 0.374 e. The van der Waals surface area contributed by atoms with E-state index in [1.54, 1.807) is 0 Å². The fourth-order valence-electron chi connectivity index (χ4n) is 1.25. The Morgan fingerprint density at radius 2 is 0.545 bits per heavy atom. The molecular formula is C8H6F12O2. The molecule has 0 saturated heterocycles. The molecule has 0 unspecified atom stereocenters. The molecule has 134 valence electrons. The third kappa shape index (κ3) is 3.52. The lowest BCUT2D eigenvalue weighted by Crippen LogP contribution is -2.61. The molecule has 0 heterocycles. The van der Waals surface area contributed by atoms with E-state index in [-0.39, 0.29) is 0 Å². The quantitative estimate of drug-likeness (QED) is 0.755. The molecule has 0 aromatic heterocycles. The zero-order valence-electron chi connectivity index (χ0n) is 9.84. The van der Waals surface area contributed by atoms with E-state index in [2.05, 4.69) is 0 Å². The van der Waals surface area contributed by atoms with Gasteiger partial charge < -0.3 is 10.2 Å². The third-order valence-electron chi connectivity index (χ3n) is 2.72. The van der Waals surface area contributed by atoms with Crippen LogP contribution in [-0.2, 0) is 0 Å². The van der Waals surface area contributed by atoms with Crippen LogP contribution in [0.5, 0.6) is 0 Å². The van der Waals surface area contributed by atoms with E-state index in [0.29, 0.717) is 0 Å². The molecule has 0 aliphatic carbocycles. The normalized spacial score (nSPS) is 16.1. The molecule has 0 radical (unpaired) electrons. The number of hydrogen-bond acceptors (Lipinski definition) is 2. The number of alkyl halides is 12. The summed E-state index contributed by atoms with van der Waals surface area (Å²) in [6.45, 7) is 0. The van der Waals surface area contributed by atoms with Crippen molar-refractivity contribution in [2.24, 2.45) is 0 Å². The first-order valence-corrected chi connectivity index (χ1v) is 4.92. The van der Waals surface area contributed by atoms with Crippen LogP contribution in [0.15, 0.2) is 0 Å². The van der Waals surface area contributed by atoms with Crippen LogP contribution in [0, 0.1) is 0 Å². The Morgan fingerprint density at radius 1 is 0.409 bits per heavy atom. The molecule has 0 fully saturated rings. The summed E-state index contributed by atoms with van der Waals surface area (Å²) < 4.78 is 146. The van der Waals surface area contributed by atoms with Crippen LogP contribution in [0.3, 0.4) is 0 Å². The Hall–Kier alpha value is -0.920. The fourth-order valence-corrected chi connectivity index (χ4v) is 1.25. The summed E-state index contributed by atoms with van der Waals surface area (Å²) in [5.41, 5.74) is -11.7. The van der Waals surface area contributed by atoms with Gasteiger partial charge in [0.05, 0.1) is 0 Å². The lowest BCUT2D eigenvalue weighted by atomic mass is 9.87. The van der Waals surface area contributed by atoms with E-state index in [0.717, 1.165) is 0 Å². The maximum atomic E-state index is 12.2. The maximum Gasteiger partial charge on any atom is 0.426 e. The summed E-state index contributed by atoms with van der Waals surface area (Å²) in [5, 5.41) is 17.0. The molecule has 2 nitrogen and oxygen atoms in total. The van der Waals surface area contributed by atoms with Crippen molar-refractivity contribution in [3.8, 4) is 0 Å². The van der Waals surface area contributed by atoms with Crippen LogP contribution in [-0.4, -0.2) is 46.1 Å². The monoisotopic (exact) mass is 362 g/mol. The standard InChI is InChI=1S/C8H6F12O2/c9-5(10,11)3(21,6(12,13)14)1-2-4(22,7(15,16)17)8(18,19)20/h21-22H,1-2H2. The van der Waals surface area contributed by atoms with Gasteiger partial charge in [-0.3, -0.25) is 0 Å². The SMILES string of the molecule is OC(CCC(O)(C(F)(F)F)C(F)(F)F)(C(F)(F)F)C(F)(F)F. The minimum atomic E-state index is -6.61. The van der Waals surface area contributed by atoms with Crippen molar-refractivity contribution in [2.45, 2.75) is 48.7 Å². The molecule has 0 atom stereocenters. The van der Waals surface area contributed by atoms with Gasteiger partial charge in [-0.25, -0.2) is 0 Å². The highest BCUT2D eigenvalue weighted by Crippen LogP contribution is 2.51. The molecule has 0 aliphatic rings. The first-order chi connectivity index (χ1) is 9.21. The van der Waals surface area contributed by atoms with Crippen molar-refractivity contribution in [2.75, 3.05) is 0 Å². The highest BCUT2D eigenvalue weighted by Gasteiger charge is 2.74. The van der Waals surface area contributed by atoms with Gasteiger partial charge in [-0.05, 0) is 12.8 Å². The van der Waals surface area contributed by atoms with Gasteiger partial charge in [-0.1, -0.05) is 0 Å². The molecule has 0 aromatic carbocycles. The average molecular weight is 362 g/mol. The van der Waals surface area contributed by atoms with Crippen LogP contribution in [0.2, 0.25) is 0 Å². The largest absolute Gasteiger partial charge is 0.426 e. The van der Waals surface area contributed by atoms with Crippen molar-refractivity contribution in [1.29, 1.82) is 0 Å². The van der Waals surface area contributed by atoms with Crippen molar-refractivity contribution >= 4 is 0 Å². The van der Waals surface area contributed by atoms with Crippen LogP contribution in [0.4, 0.5) is 52.7 Å². The highest BCUT2D eigenvalue weighted by molar-refractivity contribution is 5.00. The Labute approximate surface area is 113 Å².